The summed E-state index contributed by atoms with van der Waals surface area (Å²) in [7, 11) is 0. The van der Waals surface area contributed by atoms with Crippen LogP contribution in [0.4, 0.5) is 10.8 Å². The van der Waals surface area contributed by atoms with Gasteiger partial charge in [0.25, 0.3) is 5.91 Å². The Balaban J connectivity index is 1.29. The molecule has 0 spiro atoms. The largest absolute Gasteiger partial charge is 0.454 e. The predicted octanol–water partition coefficient (Wildman–Crippen LogP) is 5.08. The molecule has 8 heteroatoms. The van der Waals surface area contributed by atoms with Crippen LogP contribution in [0.15, 0.2) is 54.6 Å². The zero-order chi connectivity index (χ0) is 22.9. The first-order valence-electron chi connectivity index (χ1n) is 10.4. The van der Waals surface area contributed by atoms with E-state index in [0.717, 1.165) is 32.6 Å². The third-order valence-corrected chi connectivity index (χ3v) is 6.35. The summed E-state index contributed by atoms with van der Waals surface area (Å²) in [4.78, 5) is 29.8. The Morgan fingerprint density at radius 2 is 1.76 bits per heavy atom. The topological polar surface area (TPSA) is 89.6 Å². The number of thiazole rings is 1. The van der Waals surface area contributed by atoms with Crippen molar-refractivity contribution in [2.75, 3.05) is 17.4 Å². The summed E-state index contributed by atoms with van der Waals surface area (Å²) >= 11 is 1.33. The molecule has 3 aromatic carbocycles. The zero-order valence-electron chi connectivity index (χ0n) is 18.1. The van der Waals surface area contributed by atoms with Crippen molar-refractivity contribution in [3.8, 4) is 11.5 Å². The van der Waals surface area contributed by atoms with Crippen LogP contribution in [-0.4, -0.2) is 23.6 Å². The summed E-state index contributed by atoms with van der Waals surface area (Å²) in [5, 5.41) is 6.34. The van der Waals surface area contributed by atoms with Gasteiger partial charge in [-0.1, -0.05) is 35.6 Å². The number of nitrogens with one attached hydrogen (secondary N) is 2. The predicted molar refractivity (Wildman–Crippen MR) is 128 cm³/mol. The Labute approximate surface area is 194 Å². The number of amides is 2. The molecule has 0 saturated carbocycles. The lowest BCUT2D eigenvalue weighted by Gasteiger charge is -2.11. The molecule has 7 nitrogen and oxygen atoms in total. The van der Waals surface area contributed by atoms with Crippen molar-refractivity contribution in [3.63, 3.8) is 0 Å². The number of para-hydroxylation sites is 1. The second-order valence-electron chi connectivity index (χ2n) is 7.84. The minimum absolute atomic E-state index is 0.180. The molecule has 166 valence electrons. The average Bonchev–Trinajstić information content (AvgIpc) is 3.41. The van der Waals surface area contributed by atoms with Crippen LogP contribution in [0.3, 0.4) is 0 Å². The van der Waals surface area contributed by atoms with Gasteiger partial charge < -0.3 is 20.1 Å². The van der Waals surface area contributed by atoms with Gasteiger partial charge in [-0.25, -0.2) is 4.98 Å². The Morgan fingerprint density at radius 3 is 2.58 bits per heavy atom. The van der Waals surface area contributed by atoms with Crippen LogP contribution in [0, 0.1) is 13.8 Å². The number of carbonyl (C=O) groups is 2. The van der Waals surface area contributed by atoms with Crippen LogP contribution < -0.4 is 20.1 Å². The van der Waals surface area contributed by atoms with Crippen LogP contribution in [0.1, 0.15) is 27.0 Å². The maximum atomic E-state index is 12.8. The van der Waals surface area contributed by atoms with E-state index in [4.69, 9.17) is 9.47 Å². The highest BCUT2D eigenvalue weighted by Crippen LogP contribution is 2.33. The van der Waals surface area contributed by atoms with E-state index >= 15 is 0 Å². The van der Waals surface area contributed by atoms with Crippen molar-refractivity contribution >= 4 is 44.2 Å². The van der Waals surface area contributed by atoms with Crippen LogP contribution in [-0.2, 0) is 11.2 Å². The molecule has 2 N–H and O–H groups in total. The van der Waals surface area contributed by atoms with E-state index in [9.17, 15) is 9.59 Å². The Morgan fingerprint density at radius 1 is 0.970 bits per heavy atom. The number of benzene rings is 3. The Kier molecular flexibility index (Phi) is 5.43. The summed E-state index contributed by atoms with van der Waals surface area (Å²) in [6.07, 6.45) is 0.190. The molecule has 0 atom stereocenters. The number of aryl methyl sites for hydroxylation is 2. The third-order valence-electron chi connectivity index (χ3n) is 5.42. The minimum atomic E-state index is -0.184. The Bertz CT molecular complexity index is 1380. The fraction of sp³-hybridized carbons (Fsp3) is 0.160. The number of rotatable bonds is 5. The van der Waals surface area contributed by atoms with Crippen LogP contribution in [0.2, 0.25) is 0 Å². The van der Waals surface area contributed by atoms with Gasteiger partial charge in [-0.3, -0.25) is 9.59 Å². The molecule has 0 radical (unpaired) electrons. The van der Waals surface area contributed by atoms with E-state index in [2.05, 4.69) is 15.6 Å². The first-order valence-corrected chi connectivity index (χ1v) is 11.2. The van der Waals surface area contributed by atoms with Crippen LogP contribution in [0.5, 0.6) is 11.5 Å². The second-order valence-corrected chi connectivity index (χ2v) is 8.87. The van der Waals surface area contributed by atoms with Crippen molar-refractivity contribution in [1.82, 2.24) is 4.98 Å². The monoisotopic (exact) mass is 459 g/mol. The molecule has 2 heterocycles. The normalized spacial score (nSPS) is 12.1. The van der Waals surface area contributed by atoms with Gasteiger partial charge >= 0.3 is 0 Å². The van der Waals surface area contributed by atoms with E-state index in [1.165, 1.54) is 11.3 Å². The van der Waals surface area contributed by atoms with E-state index in [0.29, 0.717) is 22.2 Å². The summed E-state index contributed by atoms with van der Waals surface area (Å²) in [5.41, 5.74) is 4.92. The quantitative estimate of drug-likeness (QED) is 0.435. The molecule has 4 aromatic rings. The molecule has 5 rings (SSSR count). The SMILES string of the molecule is Cc1cccc(C)c1NC(=O)c1ccc2nc(NC(=O)Cc3ccc4c(c3)OCO4)sc2c1. The highest BCUT2D eigenvalue weighted by Gasteiger charge is 2.16. The van der Waals surface area contributed by atoms with Gasteiger partial charge in [0, 0.05) is 11.3 Å². The summed E-state index contributed by atoms with van der Waals surface area (Å²) in [6, 6.07) is 16.7. The average molecular weight is 460 g/mol. The molecule has 1 aliphatic rings. The van der Waals surface area contributed by atoms with Crippen molar-refractivity contribution in [2.45, 2.75) is 20.3 Å². The maximum Gasteiger partial charge on any atom is 0.255 e. The molecular weight excluding hydrogens is 438 g/mol. The van der Waals surface area contributed by atoms with E-state index in [-0.39, 0.29) is 25.0 Å². The molecule has 0 unspecified atom stereocenters. The number of aromatic nitrogens is 1. The van der Waals surface area contributed by atoms with Gasteiger partial charge in [0.2, 0.25) is 12.7 Å². The molecule has 0 saturated heterocycles. The lowest BCUT2D eigenvalue weighted by molar-refractivity contribution is -0.115. The smallest absolute Gasteiger partial charge is 0.255 e. The van der Waals surface area contributed by atoms with E-state index in [1.54, 1.807) is 30.3 Å². The standard InChI is InChI=1S/C25H21N3O4S/c1-14-4-3-5-15(2)23(14)28-24(30)17-7-8-18-21(12-17)33-25(26-18)27-22(29)11-16-6-9-19-20(10-16)32-13-31-19/h3-10,12H,11,13H2,1-2H3,(H,28,30)(H,26,27,29). The number of hydrogen-bond acceptors (Lipinski definition) is 6. The van der Waals surface area contributed by atoms with E-state index in [1.807, 2.05) is 38.1 Å². The van der Waals surface area contributed by atoms with Crippen LogP contribution >= 0.6 is 11.3 Å². The number of anilines is 2. The van der Waals surface area contributed by atoms with Gasteiger partial charge in [0.1, 0.15) is 0 Å². The molecule has 0 fully saturated rings. The van der Waals surface area contributed by atoms with Crippen molar-refractivity contribution in [2.24, 2.45) is 0 Å². The number of nitrogens with zero attached hydrogens (tertiary/aromatic N) is 1. The highest BCUT2D eigenvalue weighted by atomic mass is 32.1. The third kappa shape index (κ3) is 4.38. The molecule has 33 heavy (non-hydrogen) atoms. The van der Waals surface area contributed by atoms with Gasteiger partial charge in [-0.2, -0.15) is 0 Å². The molecule has 2 amide bonds. The summed E-state index contributed by atoms with van der Waals surface area (Å²) in [5.74, 6) is 0.965. The zero-order valence-corrected chi connectivity index (χ0v) is 18.9. The number of fused-ring (bicyclic) bond motifs is 2. The lowest BCUT2D eigenvalue weighted by Crippen LogP contribution is -2.14. The number of ether oxygens (including phenoxy) is 2. The van der Waals surface area contributed by atoms with Crippen molar-refractivity contribution in [1.29, 1.82) is 0 Å². The first kappa shape index (κ1) is 21.0. The minimum Gasteiger partial charge on any atom is -0.454 e. The van der Waals surface area contributed by atoms with Gasteiger partial charge in [-0.05, 0) is 60.9 Å². The summed E-state index contributed by atoms with van der Waals surface area (Å²) < 4.78 is 11.5. The highest BCUT2D eigenvalue weighted by molar-refractivity contribution is 7.22. The lowest BCUT2D eigenvalue weighted by atomic mass is 10.1. The van der Waals surface area contributed by atoms with Gasteiger partial charge in [-0.15, -0.1) is 0 Å². The molecular formula is C25H21N3O4S. The van der Waals surface area contributed by atoms with Crippen molar-refractivity contribution < 1.29 is 19.1 Å². The molecule has 0 bridgehead atoms. The van der Waals surface area contributed by atoms with Crippen LogP contribution in [0.25, 0.3) is 10.2 Å². The Hall–Kier alpha value is -3.91. The van der Waals surface area contributed by atoms with Crippen molar-refractivity contribution in [3.05, 3.63) is 76.9 Å². The number of carbonyl (C=O) groups excluding carboxylic acids is 2. The van der Waals surface area contributed by atoms with Gasteiger partial charge in [0.05, 0.1) is 16.6 Å². The molecule has 1 aromatic heterocycles. The number of hydrogen-bond donors (Lipinski definition) is 2. The molecule has 0 aliphatic carbocycles. The van der Waals surface area contributed by atoms with Gasteiger partial charge in [0.15, 0.2) is 16.6 Å². The first-order chi connectivity index (χ1) is 16.0. The summed E-state index contributed by atoms with van der Waals surface area (Å²) in [6.45, 7) is 4.13. The second kappa shape index (κ2) is 8.55. The maximum absolute atomic E-state index is 12.8. The fourth-order valence-electron chi connectivity index (χ4n) is 3.72. The fourth-order valence-corrected chi connectivity index (χ4v) is 4.64. The van der Waals surface area contributed by atoms with E-state index < -0.39 is 0 Å². The molecule has 1 aliphatic heterocycles.